The first-order valence-corrected chi connectivity index (χ1v) is 10.2. The van der Waals surface area contributed by atoms with E-state index in [2.05, 4.69) is 4.98 Å². The van der Waals surface area contributed by atoms with E-state index >= 15 is 0 Å². The summed E-state index contributed by atoms with van der Waals surface area (Å²) < 4.78 is 44.2. The van der Waals surface area contributed by atoms with Crippen molar-refractivity contribution in [2.75, 3.05) is 13.1 Å². The van der Waals surface area contributed by atoms with Gasteiger partial charge in [-0.1, -0.05) is 0 Å². The van der Waals surface area contributed by atoms with E-state index in [9.17, 15) is 22.8 Å². The van der Waals surface area contributed by atoms with Crippen LogP contribution in [0.4, 0.5) is 18.0 Å². The van der Waals surface area contributed by atoms with Crippen molar-refractivity contribution in [2.45, 2.75) is 70.8 Å². The summed E-state index contributed by atoms with van der Waals surface area (Å²) in [5.74, 6) is -0.256. The fourth-order valence-electron chi connectivity index (χ4n) is 4.87. The normalized spacial score (nSPS) is 23.7. The third-order valence-corrected chi connectivity index (χ3v) is 6.13. The molecule has 4 rings (SSSR count). The SMILES string of the molecule is CC1Cc2nc(C(F)(F)F)ccc2C(=O)N1C1CC2(C1)CN(C(=O)OC(C)(C)C)C2. The van der Waals surface area contributed by atoms with E-state index < -0.39 is 17.5 Å². The second-order valence-electron chi connectivity index (χ2n) is 9.85. The van der Waals surface area contributed by atoms with Crippen LogP contribution in [0.1, 0.15) is 62.3 Å². The lowest BCUT2D eigenvalue weighted by atomic mass is 9.60. The van der Waals surface area contributed by atoms with Crippen LogP contribution in [0.15, 0.2) is 12.1 Å². The highest BCUT2D eigenvalue weighted by Gasteiger charge is 2.57. The molecule has 1 aliphatic carbocycles. The van der Waals surface area contributed by atoms with Gasteiger partial charge in [-0.2, -0.15) is 13.2 Å². The van der Waals surface area contributed by atoms with Crippen molar-refractivity contribution in [3.05, 3.63) is 29.1 Å². The van der Waals surface area contributed by atoms with Gasteiger partial charge < -0.3 is 14.5 Å². The van der Waals surface area contributed by atoms with Crippen molar-refractivity contribution in [2.24, 2.45) is 5.41 Å². The molecule has 1 saturated carbocycles. The van der Waals surface area contributed by atoms with Gasteiger partial charge in [-0.15, -0.1) is 0 Å². The number of hydrogen-bond donors (Lipinski definition) is 0. The van der Waals surface area contributed by atoms with E-state index in [4.69, 9.17) is 4.74 Å². The summed E-state index contributed by atoms with van der Waals surface area (Å²) in [4.78, 5) is 32.3. The quantitative estimate of drug-likeness (QED) is 0.685. The van der Waals surface area contributed by atoms with Gasteiger partial charge in [0, 0.05) is 37.0 Å². The first-order chi connectivity index (χ1) is 13.8. The smallest absolute Gasteiger partial charge is 0.433 e. The number of alkyl halides is 3. The standard InChI is InChI=1S/C21H26F3N3O3/c1-12-7-15-14(5-6-16(25-15)21(22,23)24)17(28)27(12)13-8-20(9-13)10-26(11-20)18(29)30-19(2,3)4/h5-6,12-13H,7-11H2,1-4H3. The molecule has 2 amide bonds. The highest BCUT2D eigenvalue weighted by atomic mass is 19.4. The summed E-state index contributed by atoms with van der Waals surface area (Å²) in [5, 5.41) is 0. The molecule has 1 saturated heterocycles. The van der Waals surface area contributed by atoms with Crippen LogP contribution >= 0.6 is 0 Å². The van der Waals surface area contributed by atoms with E-state index in [0.717, 1.165) is 18.9 Å². The number of hydrogen-bond acceptors (Lipinski definition) is 4. The fraction of sp³-hybridized carbons (Fsp3) is 0.667. The Bertz CT molecular complexity index is 880. The van der Waals surface area contributed by atoms with Gasteiger partial charge in [-0.25, -0.2) is 9.78 Å². The number of amides is 2. The third-order valence-electron chi connectivity index (χ3n) is 6.13. The van der Waals surface area contributed by atoms with Gasteiger partial charge in [0.25, 0.3) is 5.91 Å². The molecule has 3 aliphatic rings. The van der Waals surface area contributed by atoms with E-state index in [-0.39, 0.29) is 40.8 Å². The second kappa shape index (κ2) is 6.59. The van der Waals surface area contributed by atoms with Crippen molar-refractivity contribution in [1.82, 2.24) is 14.8 Å². The number of fused-ring (bicyclic) bond motifs is 1. The Morgan fingerprint density at radius 2 is 1.83 bits per heavy atom. The Balaban J connectivity index is 1.39. The summed E-state index contributed by atoms with van der Waals surface area (Å²) >= 11 is 0. The Labute approximate surface area is 173 Å². The molecule has 0 bridgehead atoms. The van der Waals surface area contributed by atoms with Gasteiger partial charge in [0.05, 0.1) is 11.3 Å². The van der Waals surface area contributed by atoms with Gasteiger partial charge >= 0.3 is 12.3 Å². The van der Waals surface area contributed by atoms with Crippen LogP contribution in [0.25, 0.3) is 0 Å². The summed E-state index contributed by atoms with van der Waals surface area (Å²) in [6.07, 6.45) is -2.97. The number of rotatable bonds is 1. The van der Waals surface area contributed by atoms with Crippen molar-refractivity contribution in [1.29, 1.82) is 0 Å². The van der Waals surface area contributed by atoms with Gasteiger partial charge in [-0.3, -0.25) is 4.79 Å². The van der Waals surface area contributed by atoms with Crippen LogP contribution in [-0.2, 0) is 17.3 Å². The summed E-state index contributed by atoms with van der Waals surface area (Å²) in [6.45, 7) is 8.56. The Morgan fingerprint density at radius 3 is 2.40 bits per heavy atom. The molecule has 2 fully saturated rings. The monoisotopic (exact) mass is 425 g/mol. The van der Waals surface area contributed by atoms with Crippen LogP contribution in [0.2, 0.25) is 0 Å². The van der Waals surface area contributed by atoms with Gasteiger partial charge in [0.2, 0.25) is 0 Å². The molecule has 1 aromatic rings. The molecule has 2 aliphatic heterocycles. The van der Waals surface area contributed by atoms with E-state index in [1.54, 1.807) is 9.80 Å². The minimum atomic E-state index is -4.52. The average Bonchev–Trinajstić information content (AvgIpc) is 2.51. The molecule has 3 heterocycles. The number of likely N-dealkylation sites (tertiary alicyclic amines) is 1. The topological polar surface area (TPSA) is 62.7 Å². The molecule has 6 nitrogen and oxygen atoms in total. The lowest BCUT2D eigenvalue weighted by Gasteiger charge is -2.61. The summed E-state index contributed by atoms with van der Waals surface area (Å²) in [6, 6.07) is 1.93. The first-order valence-electron chi connectivity index (χ1n) is 10.2. The van der Waals surface area contributed by atoms with Crippen LogP contribution in [0.3, 0.4) is 0 Å². The van der Waals surface area contributed by atoms with Gasteiger partial charge in [0.15, 0.2) is 0 Å². The molecular weight excluding hydrogens is 399 g/mol. The number of halogens is 3. The number of pyridine rings is 1. The summed E-state index contributed by atoms with van der Waals surface area (Å²) in [7, 11) is 0. The Hall–Kier alpha value is -2.32. The maximum Gasteiger partial charge on any atom is 0.433 e. The zero-order valence-electron chi connectivity index (χ0n) is 17.5. The molecule has 1 unspecified atom stereocenters. The zero-order valence-corrected chi connectivity index (χ0v) is 17.5. The zero-order chi connectivity index (χ0) is 22.1. The molecule has 30 heavy (non-hydrogen) atoms. The maximum absolute atomic E-state index is 13.0. The lowest BCUT2D eigenvalue weighted by Crippen LogP contribution is -2.69. The minimum Gasteiger partial charge on any atom is -0.444 e. The van der Waals surface area contributed by atoms with Crippen LogP contribution < -0.4 is 0 Å². The van der Waals surface area contributed by atoms with Crippen LogP contribution in [0, 0.1) is 5.41 Å². The van der Waals surface area contributed by atoms with Crippen molar-refractivity contribution in [3.63, 3.8) is 0 Å². The molecule has 1 atom stereocenters. The highest BCUT2D eigenvalue weighted by Crippen LogP contribution is 2.51. The maximum atomic E-state index is 13.0. The third kappa shape index (κ3) is 3.63. The molecule has 0 aromatic carbocycles. The first kappa shape index (κ1) is 20.9. The van der Waals surface area contributed by atoms with Crippen molar-refractivity contribution < 1.29 is 27.5 Å². The Kier molecular flexibility index (Phi) is 4.60. The molecular formula is C21H26F3N3O3. The van der Waals surface area contributed by atoms with Gasteiger partial charge in [0.1, 0.15) is 11.3 Å². The van der Waals surface area contributed by atoms with Gasteiger partial charge in [-0.05, 0) is 52.7 Å². The lowest BCUT2D eigenvalue weighted by molar-refractivity contribution is -0.141. The molecule has 1 aromatic heterocycles. The molecule has 9 heteroatoms. The van der Waals surface area contributed by atoms with Crippen LogP contribution in [0.5, 0.6) is 0 Å². The number of ether oxygens (including phenoxy) is 1. The second-order valence-corrected chi connectivity index (χ2v) is 9.85. The molecule has 164 valence electrons. The number of carbonyl (C=O) groups excluding carboxylic acids is 2. The van der Waals surface area contributed by atoms with E-state index in [1.165, 1.54) is 6.07 Å². The molecule has 1 spiro atoms. The minimum absolute atomic E-state index is 0.0141. The summed E-state index contributed by atoms with van der Waals surface area (Å²) in [5.41, 5.74) is -1.02. The average molecular weight is 425 g/mol. The molecule has 0 radical (unpaired) electrons. The van der Waals surface area contributed by atoms with Crippen LogP contribution in [-0.4, -0.2) is 57.6 Å². The Morgan fingerprint density at radius 1 is 1.20 bits per heavy atom. The van der Waals surface area contributed by atoms with E-state index in [1.807, 2.05) is 27.7 Å². The number of carbonyl (C=O) groups is 2. The predicted molar refractivity (Wildman–Crippen MR) is 102 cm³/mol. The largest absolute Gasteiger partial charge is 0.444 e. The fourth-order valence-corrected chi connectivity index (χ4v) is 4.87. The highest BCUT2D eigenvalue weighted by molar-refractivity contribution is 5.97. The molecule has 0 N–H and O–H groups in total. The number of nitrogens with zero attached hydrogens (tertiary/aromatic N) is 3. The predicted octanol–water partition coefficient (Wildman–Crippen LogP) is 3.89. The van der Waals surface area contributed by atoms with Crippen molar-refractivity contribution >= 4 is 12.0 Å². The van der Waals surface area contributed by atoms with Crippen molar-refractivity contribution in [3.8, 4) is 0 Å². The number of aromatic nitrogens is 1. The van der Waals surface area contributed by atoms with E-state index in [0.29, 0.717) is 19.5 Å².